The van der Waals surface area contributed by atoms with E-state index in [-0.39, 0.29) is 0 Å². The normalized spacial score (nSPS) is 12.9. The Labute approximate surface area is 92.7 Å². The molecule has 0 aliphatic carbocycles. The summed E-state index contributed by atoms with van der Waals surface area (Å²) in [4.78, 5) is 15.3. The molecule has 5 heteroatoms. The molecule has 1 unspecified atom stereocenters. The highest BCUT2D eigenvalue weighted by Crippen LogP contribution is 2.20. The second-order valence-electron chi connectivity index (χ2n) is 3.93. The summed E-state index contributed by atoms with van der Waals surface area (Å²) in [5, 5.41) is 13.1. The molecule has 1 N–H and O–H groups in total. The second kappa shape index (κ2) is 3.59. The zero-order valence-electron chi connectivity index (χ0n) is 9.43. The molecule has 0 amide bonds. The van der Waals surface area contributed by atoms with Crippen LogP contribution in [0.15, 0.2) is 12.3 Å². The molecule has 2 aromatic heterocycles. The van der Waals surface area contributed by atoms with Crippen LogP contribution < -0.4 is 0 Å². The third kappa shape index (κ3) is 1.54. The van der Waals surface area contributed by atoms with Gasteiger partial charge in [0.15, 0.2) is 5.65 Å². The van der Waals surface area contributed by atoms with Gasteiger partial charge in [-0.15, -0.1) is 0 Å². The van der Waals surface area contributed by atoms with Crippen molar-refractivity contribution in [1.82, 2.24) is 14.6 Å². The fourth-order valence-corrected chi connectivity index (χ4v) is 1.73. The van der Waals surface area contributed by atoms with E-state index in [0.717, 1.165) is 11.4 Å². The minimum atomic E-state index is -0.865. The number of aryl methyl sites for hydroxylation is 2. The van der Waals surface area contributed by atoms with Gasteiger partial charge in [0.2, 0.25) is 0 Å². The fourth-order valence-electron chi connectivity index (χ4n) is 1.73. The van der Waals surface area contributed by atoms with E-state index in [1.165, 1.54) is 0 Å². The molecule has 0 bridgehead atoms. The molecule has 2 heterocycles. The summed E-state index contributed by atoms with van der Waals surface area (Å²) in [5.41, 5.74) is 3.10. The van der Waals surface area contributed by atoms with Crippen molar-refractivity contribution < 1.29 is 9.90 Å². The molecular formula is C11H13N3O2. The first-order valence-electron chi connectivity index (χ1n) is 5.05. The van der Waals surface area contributed by atoms with Crippen molar-refractivity contribution in [2.45, 2.75) is 26.7 Å². The Morgan fingerprint density at radius 3 is 2.81 bits per heavy atom. The molecule has 0 aliphatic heterocycles. The number of carbonyl (C=O) groups is 1. The number of fused-ring (bicyclic) bond motifs is 1. The van der Waals surface area contributed by atoms with Gasteiger partial charge in [0.1, 0.15) is 0 Å². The maximum absolute atomic E-state index is 10.9. The molecule has 2 rings (SSSR count). The minimum Gasteiger partial charge on any atom is -0.481 e. The van der Waals surface area contributed by atoms with Crippen LogP contribution in [0, 0.1) is 13.8 Å². The van der Waals surface area contributed by atoms with Gasteiger partial charge in [-0.3, -0.25) is 4.79 Å². The average Bonchev–Trinajstić information content (AvgIpc) is 2.60. The van der Waals surface area contributed by atoms with Crippen LogP contribution in [0.3, 0.4) is 0 Å². The van der Waals surface area contributed by atoms with E-state index in [4.69, 9.17) is 5.11 Å². The van der Waals surface area contributed by atoms with Crippen LogP contribution in [0.2, 0.25) is 0 Å². The number of rotatable bonds is 2. The second-order valence-corrected chi connectivity index (χ2v) is 3.93. The smallest absolute Gasteiger partial charge is 0.310 e. The molecule has 0 radical (unpaired) electrons. The molecule has 0 aromatic carbocycles. The maximum Gasteiger partial charge on any atom is 0.310 e. The topological polar surface area (TPSA) is 67.5 Å². The highest BCUT2D eigenvalue weighted by Gasteiger charge is 2.19. The molecule has 0 aliphatic rings. The number of hydrogen-bond acceptors (Lipinski definition) is 3. The lowest BCUT2D eigenvalue weighted by Gasteiger charge is -2.05. The lowest BCUT2D eigenvalue weighted by Crippen LogP contribution is -2.08. The van der Waals surface area contributed by atoms with Crippen molar-refractivity contribution in [3.8, 4) is 0 Å². The number of aliphatic carboxylic acids is 1. The van der Waals surface area contributed by atoms with Crippen LogP contribution >= 0.6 is 0 Å². The van der Waals surface area contributed by atoms with E-state index in [0.29, 0.717) is 11.2 Å². The van der Waals surface area contributed by atoms with Crippen molar-refractivity contribution in [2.75, 3.05) is 0 Å². The van der Waals surface area contributed by atoms with E-state index in [2.05, 4.69) is 10.1 Å². The van der Waals surface area contributed by atoms with Gasteiger partial charge in [-0.1, -0.05) is 0 Å². The van der Waals surface area contributed by atoms with Crippen LogP contribution in [-0.4, -0.2) is 25.7 Å². The third-order valence-corrected chi connectivity index (χ3v) is 2.64. The first kappa shape index (κ1) is 10.6. The van der Waals surface area contributed by atoms with E-state index < -0.39 is 11.9 Å². The van der Waals surface area contributed by atoms with Crippen LogP contribution in [-0.2, 0) is 4.79 Å². The Bertz CT molecular complexity index is 560. The lowest BCUT2D eigenvalue weighted by atomic mass is 10.1. The Balaban J connectivity index is 2.69. The molecule has 5 nitrogen and oxygen atoms in total. The van der Waals surface area contributed by atoms with Crippen LogP contribution in [0.5, 0.6) is 0 Å². The first-order chi connectivity index (χ1) is 7.50. The molecule has 84 valence electrons. The summed E-state index contributed by atoms with van der Waals surface area (Å²) in [7, 11) is 0. The van der Waals surface area contributed by atoms with E-state index in [9.17, 15) is 4.79 Å². The van der Waals surface area contributed by atoms with Crippen molar-refractivity contribution in [2.24, 2.45) is 0 Å². The monoisotopic (exact) mass is 219 g/mol. The van der Waals surface area contributed by atoms with Gasteiger partial charge >= 0.3 is 5.97 Å². The molecule has 0 saturated heterocycles. The molecule has 0 spiro atoms. The van der Waals surface area contributed by atoms with Crippen LogP contribution in [0.25, 0.3) is 5.65 Å². The van der Waals surface area contributed by atoms with Gasteiger partial charge < -0.3 is 5.11 Å². The molecule has 16 heavy (non-hydrogen) atoms. The predicted molar refractivity (Wildman–Crippen MR) is 58.5 cm³/mol. The van der Waals surface area contributed by atoms with Gasteiger partial charge in [0.25, 0.3) is 0 Å². The summed E-state index contributed by atoms with van der Waals surface area (Å²) >= 11 is 0. The summed E-state index contributed by atoms with van der Waals surface area (Å²) in [6.45, 7) is 5.44. The van der Waals surface area contributed by atoms with E-state index in [1.807, 2.05) is 19.9 Å². The Kier molecular flexibility index (Phi) is 2.38. The van der Waals surface area contributed by atoms with Gasteiger partial charge in [-0.2, -0.15) is 5.10 Å². The van der Waals surface area contributed by atoms with Gasteiger partial charge in [0, 0.05) is 17.0 Å². The zero-order valence-corrected chi connectivity index (χ0v) is 9.43. The first-order valence-corrected chi connectivity index (χ1v) is 5.05. The Morgan fingerprint density at radius 1 is 1.50 bits per heavy atom. The summed E-state index contributed by atoms with van der Waals surface area (Å²) in [5.74, 6) is -1.46. The van der Waals surface area contributed by atoms with Crippen molar-refractivity contribution in [1.29, 1.82) is 0 Å². The van der Waals surface area contributed by atoms with E-state index in [1.54, 1.807) is 17.6 Å². The lowest BCUT2D eigenvalue weighted by molar-refractivity contribution is -0.138. The number of carboxylic acid groups (broad SMARTS) is 1. The van der Waals surface area contributed by atoms with Crippen LogP contribution in [0.1, 0.15) is 29.8 Å². The van der Waals surface area contributed by atoms with Gasteiger partial charge in [0.05, 0.1) is 12.1 Å². The average molecular weight is 219 g/mol. The Hall–Kier alpha value is -1.91. The summed E-state index contributed by atoms with van der Waals surface area (Å²) in [6.07, 6.45) is 1.58. The Morgan fingerprint density at radius 2 is 2.19 bits per heavy atom. The van der Waals surface area contributed by atoms with Crippen molar-refractivity contribution in [3.63, 3.8) is 0 Å². The largest absolute Gasteiger partial charge is 0.481 e. The quantitative estimate of drug-likeness (QED) is 0.831. The molecular weight excluding hydrogens is 206 g/mol. The van der Waals surface area contributed by atoms with E-state index >= 15 is 0 Å². The zero-order chi connectivity index (χ0) is 11.9. The van der Waals surface area contributed by atoms with Crippen molar-refractivity contribution in [3.05, 3.63) is 29.2 Å². The minimum absolute atomic E-state index is 0.591. The van der Waals surface area contributed by atoms with Crippen molar-refractivity contribution >= 4 is 11.6 Å². The third-order valence-electron chi connectivity index (χ3n) is 2.64. The molecule has 1 atom stereocenters. The highest BCUT2D eigenvalue weighted by atomic mass is 16.4. The SMILES string of the molecule is Cc1cc(C)n2ncc(C(C)C(=O)O)c2n1. The summed E-state index contributed by atoms with van der Waals surface area (Å²) < 4.78 is 1.67. The predicted octanol–water partition coefficient (Wildman–Crippen LogP) is 1.53. The molecule has 0 fully saturated rings. The molecule has 0 saturated carbocycles. The van der Waals surface area contributed by atoms with Gasteiger partial charge in [-0.25, -0.2) is 9.50 Å². The standard InChI is InChI=1S/C11H13N3O2/c1-6-4-7(2)14-10(13-6)9(5-12-14)8(3)11(15)16/h4-5,8H,1-3H3,(H,15,16). The van der Waals surface area contributed by atoms with Gasteiger partial charge in [-0.05, 0) is 26.8 Å². The number of aromatic nitrogens is 3. The number of hydrogen-bond donors (Lipinski definition) is 1. The van der Waals surface area contributed by atoms with Crippen LogP contribution in [0.4, 0.5) is 0 Å². The summed E-state index contributed by atoms with van der Waals surface area (Å²) in [6, 6.07) is 1.91. The fraction of sp³-hybridized carbons (Fsp3) is 0.364. The molecule has 2 aromatic rings. The highest BCUT2D eigenvalue weighted by molar-refractivity contribution is 5.78. The number of nitrogens with zero attached hydrogens (tertiary/aromatic N) is 3. The number of carboxylic acids is 1. The maximum atomic E-state index is 10.9.